The van der Waals surface area contributed by atoms with Crippen molar-refractivity contribution >= 4 is 27.6 Å². The van der Waals surface area contributed by atoms with Crippen LogP contribution in [0.4, 0.5) is 10.5 Å². The number of urea groups is 1. The number of hydrogen-bond donors (Lipinski definition) is 1. The largest absolute Gasteiger partial charge is 1.00 e. The molecule has 0 spiro atoms. The molecule has 2 amide bonds. The van der Waals surface area contributed by atoms with E-state index in [1.165, 1.54) is 22.4 Å². The minimum atomic E-state index is -4.76. The van der Waals surface area contributed by atoms with Gasteiger partial charge in [-0.05, 0) is 12.1 Å². The van der Waals surface area contributed by atoms with Crippen LogP contribution in [0.15, 0.2) is 41.3 Å². The molecule has 2 fully saturated rings. The van der Waals surface area contributed by atoms with Crippen molar-refractivity contribution in [3.05, 3.63) is 36.9 Å². The van der Waals surface area contributed by atoms with E-state index in [1.807, 2.05) is 0 Å². The van der Waals surface area contributed by atoms with Crippen LogP contribution in [0.2, 0.25) is 0 Å². The van der Waals surface area contributed by atoms with Crippen molar-refractivity contribution in [2.24, 2.45) is 0 Å². The van der Waals surface area contributed by atoms with Gasteiger partial charge in [-0.15, -0.1) is 0 Å². The monoisotopic (exact) mass is 400 g/mol. The van der Waals surface area contributed by atoms with Crippen LogP contribution < -0.4 is 34.9 Å². The first-order valence-electron chi connectivity index (χ1n) is 7.67. The average Bonchev–Trinajstić information content (AvgIpc) is 3.21. The Kier molecular flexibility index (Phi) is 5.43. The molecule has 2 unspecified atom stereocenters. The van der Waals surface area contributed by atoms with E-state index in [0.29, 0.717) is 17.0 Å². The first-order valence-corrected chi connectivity index (χ1v) is 9.14. The summed E-state index contributed by atoms with van der Waals surface area (Å²) in [4.78, 5) is 30.7. The number of benzene rings is 1. The van der Waals surface area contributed by atoms with Gasteiger partial charge in [-0.3, -0.25) is 9.69 Å². The Morgan fingerprint density at radius 3 is 2.78 bits per heavy atom. The molecule has 1 aromatic carbocycles. The molecule has 4 rings (SSSR count). The van der Waals surface area contributed by atoms with Crippen LogP contribution in [0.1, 0.15) is 0 Å². The molecule has 10 nitrogen and oxygen atoms in total. The number of nitrogens with zero attached hydrogens (tertiary/aromatic N) is 3. The maximum absolute atomic E-state index is 12.5. The number of carbonyl (C=O) groups is 2. The van der Waals surface area contributed by atoms with E-state index in [0.717, 1.165) is 0 Å². The molecule has 0 saturated carbocycles. The predicted octanol–water partition coefficient (Wildman–Crippen LogP) is -2.72. The molecule has 0 aliphatic carbocycles. The van der Waals surface area contributed by atoms with Gasteiger partial charge in [0.15, 0.2) is 23.7 Å². The SMILES string of the molecule is O=C1C2N(C(=O)Nc3cccc(-c4cnco4)c3)CCN2C1S(=O)(=O)[O-].[Na+]. The van der Waals surface area contributed by atoms with Crippen LogP contribution in [-0.2, 0) is 14.9 Å². The Morgan fingerprint density at radius 2 is 2.11 bits per heavy atom. The Morgan fingerprint density at radius 1 is 1.33 bits per heavy atom. The van der Waals surface area contributed by atoms with Gasteiger partial charge in [0.05, 0.1) is 6.20 Å². The quantitative estimate of drug-likeness (QED) is 0.433. The van der Waals surface area contributed by atoms with E-state index in [4.69, 9.17) is 4.42 Å². The van der Waals surface area contributed by atoms with E-state index in [9.17, 15) is 22.6 Å². The minimum Gasteiger partial charge on any atom is -0.746 e. The van der Waals surface area contributed by atoms with Crippen molar-refractivity contribution in [3.63, 3.8) is 0 Å². The van der Waals surface area contributed by atoms with Gasteiger partial charge in [-0.2, -0.15) is 0 Å². The third-order valence-electron chi connectivity index (χ3n) is 4.37. The molecule has 2 saturated heterocycles. The third kappa shape index (κ3) is 3.53. The van der Waals surface area contributed by atoms with Gasteiger partial charge in [0.1, 0.15) is 10.1 Å². The Labute approximate surface area is 176 Å². The number of hydrogen-bond acceptors (Lipinski definition) is 8. The molecule has 136 valence electrons. The zero-order valence-corrected chi connectivity index (χ0v) is 17.0. The van der Waals surface area contributed by atoms with Gasteiger partial charge in [0.2, 0.25) is 5.78 Å². The number of rotatable bonds is 3. The van der Waals surface area contributed by atoms with Crippen LogP contribution in [-0.4, -0.2) is 64.2 Å². The van der Waals surface area contributed by atoms with E-state index >= 15 is 0 Å². The smallest absolute Gasteiger partial charge is 0.746 e. The van der Waals surface area contributed by atoms with Gasteiger partial charge in [0.25, 0.3) is 0 Å². The standard InChI is InChI=1S/C15H14N4O6S.Na/c20-12-13-18(14(12)26(22,23)24)4-5-19(13)15(21)17-10-3-1-2-9(6-10)11-7-16-8-25-11;/h1-3,6-8,13-14H,4-5H2,(H,17,21)(H,22,23,24);/q;+1/p-1. The first kappa shape index (κ1) is 20.0. The summed E-state index contributed by atoms with van der Waals surface area (Å²) in [6.07, 6.45) is 1.82. The molecule has 0 bridgehead atoms. The maximum Gasteiger partial charge on any atom is 1.00 e. The predicted molar refractivity (Wildman–Crippen MR) is 86.6 cm³/mol. The summed E-state index contributed by atoms with van der Waals surface area (Å²) in [5, 5.41) is 0.969. The average molecular weight is 400 g/mol. The molecule has 0 radical (unpaired) electrons. The number of oxazole rings is 1. The Balaban J connectivity index is 0.00000210. The number of fused-ring (bicyclic) bond motifs is 1. The molecular formula is C15H13N4NaO6S. The van der Waals surface area contributed by atoms with Gasteiger partial charge in [-0.1, -0.05) is 12.1 Å². The zero-order chi connectivity index (χ0) is 18.5. The normalized spacial score (nSPS) is 22.0. The van der Waals surface area contributed by atoms with Crippen LogP contribution >= 0.6 is 0 Å². The van der Waals surface area contributed by atoms with Gasteiger partial charge in [-0.25, -0.2) is 18.2 Å². The van der Waals surface area contributed by atoms with Gasteiger partial charge < -0.3 is 19.2 Å². The summed E-state index contributed by atoms with van der Waals surface area (Å²) < 4.78 is 38.6. The third-order valence-corrected chi connectivity index (χ3v) is 5.42. The van der Waals surface area contributed by atoms with E-state index in [1.54, 1.807) is 24.3 Å². The summed E-state index contributed by atoms with van der Waals surface area (Å²) in [7, 11) is -4.76. The van der Waals surface area contributed by atoms with Crippen molar-refractivity contribution in [3.8, 4) is 11.3 Å². The summed E-state index contributed by atoms with van der Waals surface area (Å²) in [6.45, 7) is 0.296. The van der Waals surface area contributed by atoms with Crippen LogP contribution in [0.5, 0.6) is 0 Å². The first-order chi connectivity index (χ1) is 12.4. The van der Waals surface area contributed by atoms with Crippen LogP contribution in [0.25, 0.3) is 11.3 Å². The number of anilines is 1. The van der Waals surface area contributed by atoms with E-state index in [-0.39, 0.29) is 42.6 Å². The molecule has 3 heterocycles. The Hall–Kier alpha value is -1.76. The molecule has 27 heavy (non-hydrogen) atoms. The summed E-state index contributed by atoms with van der Waals surface area (Å²) >= 11 is 0. The summed E-state index contributed by atoms with van der Waals surface area (Å²) in [5.41, 5.74) is 1.18. The fourth-order valence-electron chi connectivity index (χ4n) is 3.24. The molecule has 12 heteroatoms. The molecule has 2 aromatic rings. The van der Waals surface area contributed by atoms with Crippen molar-refractivity contribution in [1.29, 1.82) is 0 Å². The summed E-state index contributed by atoms with van der Waals surface area (Å²) in [5.74, 6) is -0.242. The fourth-order valence-corrected chi connectivity index (χ4v) is 4.20. The minimum absolute atomic E-state index is 0. The van der Waals surface area contributed by atoms with E-state index < -0.39 is 33.5 Å². The molecule has 2 aliphatic rings. The van der Waals surface area contributed by atoms with Crippen molar-refractivity contribution in [2.45, 2.75) is 11.5 Å². The summed E-state index contributed by atoms with van der Waals surface area (Å²) in [6, 6.07) is 6.30. The van der Waals surface area contributed by atoms with Crippen molar-refractivity contribution < 1.29 is 56.5 Å². The second kappa shape index (κ2) is 7.34. The number of Topliss-reactive ketones (excluding diaryl/α,β-unsaturated/α-hetero) is 1. The number of carbonyl (C=O) groups excluding carboxylic acids is 2. The molecule has 1 aromatic heterocycles. The molecule has 1 N–H and O–H groups in total. The van der Waals surface area contributed by atoms with Crippen LogP contribution in [0, 0.1) is 0 Å². The Bertz CT molecular complexity index is 980. The van der Waals surface area contributed by atoms with Gasteiger partial charge >= 0.3 is 35.6 Å². The molecule has 2 aliphatic heterocycles. The second-order valence-electron chi connectivity index (χ2n) is 5.93. The molecular weight excluding hydrogens is 387 g/mol. The number of aromatic nitrogens is 1. The fraction of sp³-hybridized carbons (Fsp3) is 0.267. The zero-order valence-electron chi connectivity index (χ0n) is 14.2. The number of ketones is 1. The maximum atomic E-state index is 12.5. The van der Waals surface area contributed by atoms with E-state index in [2.05, 4.69) is 10.3 Å². The topological polar surface area (TPSA) is 136 Å². The number of nitrogens with one attached hydrogen (secondary N) is 1. The second-order valence-corrected chi connectivity index (χ2v) is 7.36. The number of amides is 2. The van der Waals surface area contributed by atoms with Crippen molar-refractivity contribution in [1.82, 2.24) is 14.8 Å². The van der Waals surface area contributed by atoms with Crippen LogP contribution in [0.3, 0.4) is 0 Å². The van der Waals surface area contributed by atoms with Gasteiger partial charge in [0, 0.05) is 24.3 Å². The van der Waals surface area contributed by atoms with Crippen molar-refractivity contribution in [2.75, 3.05) is 18.4 Å². The molecule has 2 atom stereocenters.